The molecule has 0 spiro atoms. The lowest BCUT2D eigenvalue weighted by Crippen LogP contribution is -2.42. The molecule has 7 heteroatoms. The third kappa shape index (κ3) is 5.66. The summed E-state index contributed by atoms with van der Waals surface area (Å²) in [5.41, 5.74) is 14.6. The van der Waals surface area contributed by atoms with E-state index in [0.717, 1.165) is 28.1 Å². The van der Waals surface area contributed by atoms with Crippen molar-refractivity contribution < 1.29 is 4.79 Å². The first-order chi connectivity index (χ1) is 19.4. The molecule has 0 amide bonds. The van der Waals surface area contributed by atoms with Gasteiger partial charge in [0, 0.05) is 38.4 Å². The van der Waals surface area contributed by atoms with Crippen LogP contribution in [-0.2, 0) is 10.5 Å². The van der Waals surface area contributed by atoms with Crippen LogP contribution in [0.3, 0.4) is 0 Å². The Morgan fingerprint density at radius 1 is 1.05 bits per heavy atom. The fourth-order valence-corrected chi connectivity index (χ4v) is 7.67. The summed E-state index contributed by atoms with van der Waals surface area (Å²) in [5.74, 6) is 0.568. The lowest BCUT2D eigenvalue weighted by molar-refractivity contribution is -0.118. The fraction of sp³-hybridized carbons (Fsp3) is 0.294. The van der Waals surface area contributed by atoms with E-state index >= 15 is 0 Å². The normalized spacial score (nSPS) is 18.4. The Kier molecular flexibility index (Phi) is 8.05. The molecule has 1 unspecified atom stereocenters. The molecule has 5 rings (SSSR count). The number of benzene rings is 3. The average Bonchev–Trinajstić information content (AvgIpc) is 2.88. The van der Waals surface area contributed by atoms with Crippen LogP contribution in [0.1, 0.15) is 60.4 Å². The molecule has 0 fully saturated rings. The molecule has 0 aromatic heterocycles. The molecule has 3 aromatic carbocycles. The van der Waals surface area contributed by atoms with Gasteiger partial charge in [0.15, 0.2) is 5.78 Å². The zero-order valence-corrected chi connectivity index (χ0v) is 26.3. The highest BCUT2D eigenvalue weighted by atomic mass is 35.5. The first-order valence-electron chi connectivity index (χ1n) is 13.6. The van der Waals surface area contributed by atoms with E-state index in [1.807, 2.05) is 11.0 Å². The number of nitrogens with two attached hydrogens (primary N) is 1. The Morgan fingerprint density at radius 2 is 1.73 bits per heavy atom. The number of carbonyl (C=O) groups excluding carboxylic acids is 1. The molecule has 1 atom stereocenters. The van der Waals surface area contributed by atoms with E-state index in [1.165, 1.54) is 16.0 Å². The van der Waals surface area contributed by atoms with Gasteiger partial charge in [-0.3, -0.25) is 9.69 Å². The highest BCUT2D eigenvalue weighted by Gasteiger charge is 2.45. The highest BCUT2D eigenvalue weighted by molar-refractivity contribution is 7.98. The monoisotopic (exact) mass is 601 g/mol. The first-order valence-corrected chi connectivity index (χ1v) is 15.3. The standard InChI is InChI=1S/C34H33Cl2N3OS/c1-19-10-22(18-41-30-9-7-6-8-20(30)2)21(3)26(11-19)31-27(17-37)33(38)39(25-13-23(35)12-24(36)14-25)28-15-34(4,5)16-29(40)32(28)31/h6-14,31H,15-16,18,38H2,1-5H3. The predicted molar refractivity (Wildman–Crippen MR) is 170 cm³/mol. The quantitative estimate of drug-likeness (QED) is 0.295. The van der Waals surface area contributed by atoms with Gasteiger partial charge in [-0.05, 0) is 79.1 Å². The molecule has 2 aliphatic rings. The molecular weight excluding hydrogens is 569 g/mol. The third-order valence-electron chi connectivity index (χ3n) is 7.97. The van der Waals surface area contributed by atoms with Crippen molar-refractivity contribution in [2.45, 2.75) is 64.0 Å². The van der Waals surface area contributed by atoms with E-state index in [9.17, 15) is 10.1 Å². The molecule has 1 aliphatic carbocycles. The summed E-state index contributed by atoms with van der Waals surface area (Å²) in [5, 5.41) is 11.5. The Hall–Kier alpha value is -3.17. The lowest BCUT2D eigenvalue weighted by atomic mass is 9.68. The Balaban J connectivity index is 1.69. The summed E-state index contributed by atoms with van der Waals surface area (Å²) in [4.78, 5) is 17.1. The number of allylic oxidation sites excluding steroid dienone is 3. The molecule has 41 heavy (non-hydrogen) atoms. The van der Waals surface area contributed by atoms with Crippen LogP contribution in [0.5, 0.6) is 0 Å². The predicted octanol–water partition coefficient (Wildman–Crippen LogP) is 9.15. The summed E-state index contributed by atoms with van der Waals surface area (Å²) in [6.07, 6.45) is 1.01. The minimum absolute atomic E-state index is 0.0383. The molecule has 0 saturated carbocycles. The summed E-state index contributed by atoms with van der Waals surface area (Å²) >= 11 is 14.6. The van der Waals surface area contributed by atoms with Gasteiger partial charge in [0.05, 0.1) is 23.2 Å². The van der Waals surface area contributed by atoms with Gasteiger partial charge < -0.3 is 5.73 Å². The Morgan fingerprint density at radius 3 is 2.39 bits per heavy atom. The number of aryl methyl sites for hydroxylation is 2. The molecule has 1 heterocycles. The number of ketones is 1. The zero-order valence-electron chi connectivity index (χ0n) is 23.9. The van der Waals surface area contributed by atoms with Crippen LogP contribution in [0.25, 0.3) is 0 Å². The first kappa shape index (κ1) is 29.3. The Labute approximate surface area is 256 Å². The maximum Gasteiger partial charge on any atom is 0.162 e. The van der Waals surface area contributed by atoms with Gasteiger partial charge in [-0.25, -0.2) is 0 Å². The van der Waals surface area contributed by atoms with Crippen LogP contribution in [-0.4, -0.2) is 5.78 Å². The van der Waals surface area contributed by atoms with Gasteiger partial charge in [0.25, 0.3) is 0 Å². The van der Waals surface area contributed by atoms with E-state index in [0.29, 0.717) is 45.5 Å². The number of halogens is 2. The molecule has 4 nitrogen and oxygen atoms in total. The van der Waals surface area contributed by atoms with E-state index < -0.39 is 5.92 Å². The van der Waals surface area contributed by atoms with Crippen molar-refractivity contribution in [1.29, 1.82) is 5.26 Å². The van der Waals surface area contributed by atoms with Gasteiger partial charge in [-0.1, -0.05) is 72.9 Å². The molecule has 210 valence electrons. The molecule has 3 aromatic rings. The molecule has 0 bridgehead atoms. The smallest absolute Gasteiger partial charge is 0.162 e. The molecule has 0 radical (unpaired) electrons. The number of anilines is 1. The Bertz CT molecular complexity index is 1660. The number of carbonyl (C=O) groups is 1. The maximum atomic E-state index is 14.0. The summed E-state index contributed by atoms with van der Waals surface area (Å²) in [6.45, 7) is 10.5. The summed E-state index contributed by atoms with van der Waals surface area (Å²) < 4.78 is 0. The van der Waals surface area contributed by atoms with Crippen molar-refractivity contribution in [3.05, 3.63) is 115 Å². The number of nitriles is 1. The van der Waals surface area contributed by atoms with E-state index in [1.54, 1.807) is 30.0 Å². The fourth-order valence-electron chi connectivity index (χ4n) is 6.07. The lowest BCUT2D eigenvalue weighted by Gasteiger charge is -2.44. The third-order valence-corrected chi connectivity index (χ3v) is 9.63. The minimum Gasteiger partial charge on any atom is -0.384 e. The van der Waals surface area contributed by atoms with Crippen molar-refractivity contribution in [3.8, 4) is 6.07 Å². The van der Waals surface area contributed by atoms with Gasteiger partial charge in [-0.15, -0.1) is 11.8 Å². The molecule has 1 aliphatic heterocycles. The molecular formula is C34H33Cl2N3OS. The van der Waals surface area contributed by atoms with Gasteiger partial charge >= 0.3 is 0 Å². The van der Waals surface area contributed by atoms with Gasteiger partial charge in [0.1, 0.15) is 5.82 Å². The van der Waals surface area contributed by atoms with Gasteiger partial charge in [0.2, 0.25) is 0 Å². The topological polar surface area (TPSA) is 70.1 Å². The minimum atomic E-state index is -0.549. The largest absolute Gasteiger partial charge is 0.384 e. The summed E-state index contributed by atoms with van der Waals surface area (Å²) in [7, 11) is 0. The van der Waals surface area contributed by atoms with Crippen molar-refractivity contribution in [1.82, 2.24) is 0 Å². The molecule has 0 saturated heterocycles. The number of hydrogen-bond donors (Lipinski definition) is 1. The van der Waals surface area contributed by atoms with Crippen LogP contribution >= 0.6 is 35.0 Å². The van der Waals surface area contributed by atoms with Crippen LogP contribution < -0.4 is 10.6 Å². The maximum absolute atomic E-state index is 14.0. The van der Waals surface area contributed by atoms with Crippen LogP contribution in [0.2, 0.25) is 10.0 Å². The van der Waals surface area contributed by atoms with Gasteiger partial charge in [-0.2, -0.15) is 5.26 Å². The van der Waals surface area contributed by atoms with Crippen LogP contribution in [0, 0.1) is 37.5 Å². The van der Waals surface area contributed by atoms with Crippen molar-refractivity contribution in [3.63, 3.8) is 0 Å². The van der Waals surface area contributed by atoms with Crippen LogP contribution in [0.4, 0.5) is 5.69 Å². The number of Topliss-reactive ketones (excluding diaryl/α,β-unsaturated/α-hetero) is 1. The second kappa shape index (κ2) is 11.2. The highest BCUT2D eigenvalue weighted by Crippen LogP contribution is 2.51. The number of hydrogen-bond acceptors (Lipinski definition) is 5. The van der Waals surface area contributed by atoms with Crippen LogP contribution in [0.15, 0.2) is 82.2 Å². The SMILES string of the molecule is Cc1cc(CSc2ccccc2C)c(C)c(C2C(C#N)=C(N)N(c3cc(Cl)cc(Cl)c3)C3=C2C(=O)CC(C)(C)C3)c1. The second-order valence-corrected chi connectivity index (χ2v) is 13.7. The van der Waals surface area contributed by atoms with Crippen molar-refractivity contribution >= 4 is 46.4 Å². The summed E-state index contributed by atoms with van der Waals surface area (Å²) in [6, 6.07) is 20.3. The van der Waals surface area contributed by atoms with E-state index in [4.69, 9.17) is 28.9 Å². The average molecular weight is 603 g/mol. The zero-order chi connectivity index (χ0) is 29.6. The van der Waals surface area contributed by atoms with E-state index in [2.05, 4.69) is 71.0 Å². The van der Waals surface area contributed by atoms with Crippen molar-refractivity contribution in [2.75, 3.05) is 4.90 Å². The number of nitrogens with zero attached hydrogens (tertiary/aromatic N) is 2. The molecule has 2 N–H and O–H groups in total. The van der Waals surface area contributed by atoms with Crippen molar-refractivity contribution in [2.24, 2.45) is 11.1 Å². The number of rotatable bonds is 5. The van der Waals surface area contributed by atoms with E-state index in [-0.39, 0.29) is 11.2 Å². The number of thioether (sulfide) groups is 1. The second-order valence-electron chi connectivity index (χ2n) is 11.8.